The van der Waals surface area contributed by atoms with Crippen molar-refractivity contribution in [2.24, 2.45) is 0 Å². The zero-order valence-electron chi connectivity index (χ0n) is 10.4. The molecule has 1 aliphatic heterocycles. The zero-order chi connectivity index (χ0) is 12.6. The third-order valence-electron chi connectivity index (χ3n) is 2.98. The highest BCUT2D eigenvalue weighted by molar-refractivity contribution is 5.50. The second-order valence-electron chi connectivity index (χ2n) is 4.25. The van der Waals surface area contributed by atoms with Crippen molar-refractivity contribution in [2.45, 2.75) is 6.42 Å². The average molecular weight is 246 g/mol. The van der Waals surface area contributed by atoms with Crippen LogP contribution < -0.4 is 5.32 Å². The van der Waals surface area contributed by atoms with Crippen LogP contribution in [0.25, 0.3) is 0 Å². The number of nitriles is 1. The van der Waals surface area contributed by atoms with E-state index in [1.807, 2.05) is 0 Å². The Morgan fingerprint density at radius 2 is 2.28 bits per heavy atom. The summed E-state index contributed by atoms with van der Waals surface area (Å²) in [5.41, 5.74) is 0.601. The average Bonchev–Trinajstić information content (AvgIpc) is 2.45. The summed E-state index contributed by atoms with van der Waals surface area (Å²) in [4.78, 5) is 6.56. The van der Waals surface area contributed by atoms with Gasteiger partial charge in [-0.2, -0.15) is 5.26 Å². The van der Waals surface area contributed by atoms with Crippen molar-refractivity contribution in [3.05, 3.63) is 23.9 Å². The number of pyridine rings is 1. The summed E-state index contributed by atoms with van der Waals surface area (Å²) in [7, 11) is 0. The van der Waals surface area contributed by atoms with Crippen molar-refractivity contribution in [3.8, 4) is 6.07 Å². The molecule has 96 valence electrons. The smallest absolute Gasteiger partial charge is 0.143 e. The van der Waals surface area contributed by atoms with Crippen LogP contribution in [-0.2, 0) is 4.74 Å². The Bertz CT molecular complexity index is 410. The topological polar surface area (TPSA) is 61.2 Å². The lowest BCUT2D eigenvalue weighted by atomic mass is 10.2. The number of nitrogens with zero attached hydrogens (tertiary/aromatic N) is 3. The fraction of sp³-hybridized carbons (Fsp3) is 0.538. The van der Waals surface area contributed by atoms with E-state index >= 15 is 0 Å². The molecule has 5 nitrogen and oxygen atoms in total. The fourth-order valence-electron chi connectivity index (χ4n) is 1.97. The van der Waals surface area contributed by atoms with E-state index in [1.54, 1.807) is 18.3 Å². The van der Waals surface area contributed by atoms with Gasteiger partial charge in [0.25, 0.3) is 0 Å². The summed E-state index contributed by atoms with van der Waals surface area (Å²) in [6, 6.07) is 5.68. The summed E-state index contributed by atoms with van der Waals surface area (Å²) in [6.07, 6.45) is 2.74. The molecule has 1 aromatic heterocycles. The van der Waals surface area contributed by atoms with Gasteiger partial charge in [-0.1, -0.05) is 0 Å². The molecule has 0 unspecified atom stereocenters. The molecule has 0 radical (unpaired) electrons. The van der Waals surface area contributed by atoms with Gasteiger partial charge in [0, 0.05) is 25.8 Å². The first-order valence-corrected chi connectivity index (χ1v) is 6.29. The van der Waals surface area contributed by atoms with Gasteiger partial charge >= 0.3 is 0 Å². The molecule has 1 aliphatic rings. The number of ether oxygens (including phenoxy) is 1. The van der Waals surface area contributed by atoms with Gasteiger partial charge in [-0.05, 0) is 25.1 Å². The molecular formula is C13H18N4O. The third kappa shape index (κ3) is 3.69. The zero-order valence-corrected chi connectivity index (χ0v) is 10.4. The molecule has 1 N–H and O–H groups in total. The van der Waals surface area contributed by atoms with Crippen molar-refractivity contribution in [2.75, 3.05) is 44.7 Å². The van der Waals surface area contributed by atoms with Crippen LogP contribution in [0.2, 0.25) is 0 Å². The van der Waals surface area contributed by atoms with Crippen LogP contribution in [0.1, 0.15) is 12.0 Å². The molecule has 0 amide bonds. The molecule has 1 aromatic rings. The first-order valence-electron chi connectivity index (χ1n) is 6.29. The second-order valence-corrected chi connectivity index (χ2v) is 4.25. The first-order chi connectivity index (χ1) is 8.90. The predicted octanol–water partition coefficient (Wildman–Crippen LogP) is 1.09. The normalized spacial score (nSPS) is 16.2. The number of aromatic nitrogens is 1. The molecule has 18 heavy (non-hydrogen) atoms. The standard InChI is InChI=1S/C13H18N4O/c14-11-12-3-1-4-15-13(12)16-5-2-6-17-7-9-18-10-8-17/h1,3-4H,2,5-10H2,(H,15,16). The molecule has 2 heterocycles. The number of morpholine rings is 1. The van der Waals surface area contributed by atoms with Gasteiger partial charge in [0.15, 0.2) is 0 Å². The van der Waals surface area contributed by atoms with E-state index in [2.05, 4.69) is 21.3 Å². The summed E-state index contributed by atoms with van der Waals surface area (Å²) in [6.45, 7) is 5.62. The number of anilines is 1. The van der Waals surface area contributed by atoms with Crippen LogP contribution in [0.3, 0.4) is 0 Å². The van der Waals surface area contributed by atoms with E-state index in [4.69, 9.17) is 10.00 Å². The number of nitrogens with one attached hydrogen (secondary N) is 1. The first kappa shape index (κ1) is 12.8. The van der Waals surface area contributed by atoms with E-state index in [9.17, 15) is 0 Å². The molecule has 2 rings (SSSR count). The van der Waals surface area contributed by atoms with E-state index < -0.39 is 0 Å². The Morgan fingerprint density at radius 1 is 1.44 bits per heavy atom. The van der Waals surface area contributed by atoms with Gasteiger partial charge in [-0.3, -0.25) is 4.90 Å². The minimum absolute atomic E-state index is 0.601. The van der Waals surface area contributed by atoms with Gasteiger partial charge in [0.05, 0.1) is 18.8 Å². The van der Waals surface area contributed by atoms with Crippen LogP contribution in [0, 0.1) is 11.3 Å². The Labute approximate surface area is 107 Å². The van der Waals surface area contributed by atoms with Crippen LogP contribution >= 0.6 is 0 Å². The SMILES string of the molecule is N#Cc1cccnc1NCCCN1CCOCC1. The van der Waals surface area contributed by atoms with E-state index in [0.717, 1.165) is 45.8 Å². The number of hydrogen-bond acceptors (Lipinski definition) is 5. The molecular weight excluding hydrogens is 228 g/mol. The van der Waals surface area contributed by atoms with Gasteiger partial charge in [-0.25, -0.2) is 4.98 Å². The minimum Gasteiger partial charge on any atom is -0.379 e. The van der Waals surface area contributed by atoms with E-state index in [-0.39, 0.29) is 0 Å². The lowest BCUT2D eigenvalue weighted by Gasteiger charge is -2.26. The highest BCUT2D eigenvalue weighted by Gasteiger charge is 2.09. The molecule has 0 spiro atoms. The Balaban J connectivity index is 1.70. The van der Waals surface area contributed by atoms with Crippen LogP contribution in [0.4, 0.5) is 5.82 Å². The second kappa shape index (κ2) is 6.94. The highest BCUT2D eigenvalue weighted by atomic mass is 16.5. The summed E-state index contributed by atoms with van der Waals surface area (Å²) in [5, 5.41) is 12.1. The predicted molar refractivity (Wildman–Crippen MR) is 69.3 cm³/mol. The van der Waals surface area contributed by atoms with Crippen LogP contribution in [-0.4, -0.2) is 49.3 Å². The van der Waals surface area contributed by atoms with Crippen molar-refractivity contribution in [1.29, 1.82) is 5.26 Å². The lowest BCUT2D eigenvalue weighted by molar-refractivity contribution is 0.0378. The summed E-state index contributed by atoms with van der Waals surface area (Å²) >= 11 is 0. The van der Waals surface area contributed by atoms with E-state index in [0.29, 0.717) is 11.4 Å². The van der Waals surface area contributed by atoms with Crippen molar-refractivity contribution >= 4 is 5.82 Å². The summed E-state index contributed by atoms with van der Waals surface area (Å²) in [5.74, 6) is 0.682. The molecule has 1 fully saturated rings. The molecule has 5 heteroatoms. The van der Waals surface area contributed by atoms with E-state index in [1.165, 1.54) is 0 Å². The fourth-order valence-corrected chi connectivity index (χ4v) is 1.97. The monoisotopic (exact) mass is 246 g/mol. The van der Waals surface area contributed by atoms with Gasteiger partial charge in [-0.15, -0.1) is 0 Å². The van der Waals surface area contributed by atoms with Crippen molar-refractivity contribution in [3.63, 3.8) is 0 Å². The maximum absolute atomic E-state index is 8.93. The molecule has 1 saturated heterocycles. The van der Waals surface area contributed by atoms with Gasteiger partial charge in [0.1, 0.15) is 11.9 Å². The van der Waals surface area contributed by atoms with Crippen LogP contribution in [0.15, 0.2) is 18.3 Å². The lowest BCUT2D eigenvalue weighted by Crippen LogP contribution is -2.37. The summed E-state index contributed by atoms with van der Waals surface area (Å²) < 4.78 is 5.30. The van der Waals surface area contributed by atoms with Crippen molar-refractivity contribution < 1.29 is 4.74 Å². The minimum atomic E-state index is 0.601. The number of rotatable bonds is 5. The largest absolute Gasteiger partial charge is 0.379 e. The number of hydrogen-bond donors (Lipinski definition) is 1. The molecule has 0 atom stereocenters. The third-order valence-corrected chi connectivity index (χ3v) is 2.98. The van der Waals surface area contributed by atoms with Gasteiger partial charge < -0.3 is 10.1 Å². The maximum Gasteiger partial charge on any atom is 0.143 e. The molecule has 0 saturated carbocycles. The highest BCUT2D eigenvalue weighted by Crippen LogP contribution is 2.09. The molecule has 0 aromatic carbocycles. The maximum atomic E-state index is 8.93. The van der Waals surface area contributed by atoms with Crippen LogP contribution in [0.5, 0.6) is 0 Å². The Kier molecular flexibility index (Phi) is 4.94. The molecule has 0 aliphatic carbocycles. The molecule has 0 bridgehead atoms. The van der Waals surface area contributed by atoms with Crippen molar-refractivity contribution in [1.82, 2.24) is 9.88 Å². The Morgan fingerprint density at radius 3 is 3.06 bits per heavy atom. The quantitative estimate of drug-likeness (QED) is 0.788. The Hall–Kier alpha value is -1.64. The van der Waals surface area contributed by atoms with Gasteiger partial charge in [0.2, 0.25) is 0 Å².